The maximum absolute atomic E-state index is 13.1. The summed E-state index contributed by atoms with van der Waals surface area (Å²) in [5.74, 6) is 0.901. The fourth-order valence-electron chi connectivity index (χ4n) is 4.57. The van der Waals surface area contributed by atoms with Crippen LogP contribution in [-0.2, 0) is 11.8 Å². The predicted octanol–water partition coefficient (Wildman–Crippen LogP) is 1.59. The number of rotatable bonds is 3. The second-order valence-corrected chi connectivity index (χ2v) is 8.75. The molecule has 0 N–H and O–H groups in total. The average Bonchev–Trinajstić information content (AvgIpc) is 3.40. The molecule has 2 fully saturated rings. The van der Waals surface area contributed by atoms with Crippen LogP contribution < -0.4 is 0 Å². The Hall–Kier alpha value is -2.42. The summed E-state index contributed by atoms with van der Waals surface area (Å²) < 4.78 is 7.50. The van der Waals surface area contributed by atoms with E-state index >= 15 is 0 Å². The highest BCUT2D eigenvalue weighted by Gasteiger charge is 2.52. The van der Waals surface area contributed by atoms with Gasteiger partial charge in [-0.25, -0.2) is 4.98 Å². The Bertz CT molecular complexity index is 915. The summed E-state index contributed by atoms with van der Waals surface area (Å²) in [6.07, 6.45) is 4.71. The number of amides is 2. The second kappa shape index (κ2) is 7.44. The van der Waals surface area contributed by atoms with Crippen LogP contribution in [0.25, 0.3) is 0 Å². The van der Waals surface area contributed by atoms with E-state index in [2.05, 4.69) is 15.2 Å². The van der Waals surface area contributed by atoms with Gasteiger partial charge in [-0.1, -0.05) is 0 Å². The molecule has 0 aromatic carbocycles. The number of likely N-dealkylation sites (tertiary alicyclic amines) is 2. The minimum Gasteiger partial charge on any atom is -0.425 e. The molecule has 1 spiro atoms. The molecular formula is C19H25ClN6O3. The summed E-state index contributed by atoms with van der Waals surface area (Å²) in [4.78, 5) is 33.1. The molecule has 2 saturated heterocycles. The molecule has 0 radical (unpaired) electrons. The van der Waals surface area contributed by atoms with E-state index in [-0.39, 0.29) is 23.1 Å². The van der Waals surface area contributed by atoms with Gasteiger partial charge in [-0.2, -0.15) is 0 Å². The van der Waals surface area contributed by atoms with Gasteiger partial charge in [0.15, 0.2) is 0 Å². The van der Waals surface area contributed by atoms with E-state index in [0.717, 1.165) is 12.8 Å². The first-order valence-corrected chi connectivity index (χ1v) is 10.2. The number of imidazole rings is 1. The summed E-state index contributed by atoms with van der Waals surface area (Å²) in [5.41, 5.74) is 0.339. The van der Waals surface area contributed by atoms with Gasteiger partial charge >= 0.3 is 0 Å². The minimum absolute atomic E-state index is 0.0486. The maximum atomic E-state index is 13.1. The lowest BCUT2D eigenvalue weighted by Gasteiger charge is -2.41. The van der Waals surface area contributed by atoms with Crippen molar-refractivity contribution in [3.63, 3.8) is 0 Å². The van der Waals surface area contributed by atoms with Gasteiger partial charge in [-0.05, 0) is 19.8 Å². The fourth-order valence-corrected chi connectivity index (χ4v) is 4.71. The summed E-state index contributed by atoms with van der Waals surface area (Å²) in [6, 6.07) is 0. The molecule has 2 amide bonds. The van der Waals surface area contributed by atoms with Gasteiger partial charge in [0, 0.05) is 45.6 Å². The first-order chi connectivity index (χ1) is 13.8. The largest absolute Gasteiger partial charge is 0.425 e. The van der Waals surface area contributed by atoms with Crippen molar-refractivity contribution in [2.75, 3.05) is 26.2 Å². The standard InChI is InChI=1S/C19H25ClN6O3/c1-12(20)17(27)25-6-4-19(5-7-25)10-26(18(28)15-8-21-11-24(15)3)9-14(19)16-23-22-13(2)29-16/h8,11-12,14H,4-7,9-10H2,1-3H3. The first-order valence-electron chi connectivity index (χ1n) is 9.79. The average molecular weight is 421 g/mol. The lowest BCUT2D eigenvalue weighted by molar-refractivity contribution is -0.132. The number of carbonyl (C=O) groups is 2. The van der Waals surface area contributed by atoms with Crippen molar-refractivity contribution in [3.05, 3.63) is 30.0 Å². The van der Waals surface area contributed by atoms with E-state index in [1.807, 2.05) is 16.8 Å². The SMILES string of the molecule is Cc1nnc(C2CN(C(=O)c3cncn3C)CC23CCN(C(=O)C(C)Cl)CC3)o1. The predicted molar refractivity (Wildman–Crippen MR) is 104 cm³/mol. The highest BCUT2D eigenvalue weighted by atomic mass is 35.5. The molecule has 2 unspecified atom stereocenters. The normalized spacial score (nSPS) is 22.3. The molecule has 2 aliphatic heterocycles. The Kier molecular flexibility index (Phi) is 5.10. The molecule has 10 heteroatoms. The Morgan fingerprint density at radius 2 is 2.00 bits per heavy atom. The van der Waals surface area contributed by atoms with Crippen molar-refractivity contribution in [2.45, 2.75) is 38.0 Å². The van der Waals surface area contributed by atoms with Crippen molar-refractivity contribution in [1.82, 2.24) is 29.5 Å². The summed E-state index contributed by atoms with van der Waals surface area (Å²) in [5, 5.41) is 7.72. The van der Waals surface area contributed by atoms with E-state index in [1.54, 1.807) is 30.9 Å². The van der Waals surface area contributed by atoms with Crippen molar-refractivity contribution in [2.24, 2.45) is 12.5 Å². The third-order valence-corrected chi connectivity index (χ3v) is 6.41. The molecule has 156 valence electrons. The van der Waals surface area contributed by atoms with Crippen LogP contribution in [0.3, 0.4) is 0 Å². The summed E-state index contributed by atoms with van der Waals surface area (Å²) >= 11 is 5.99. The van der Waals surface area contributed by atoms with Gasteiger partial charge in [0.1, 0.15) is 11.1 Å². The summed E-state index contributed by atoms with van der Waals surface area (Å²) in [7, 11) is 1.81. The van der Waals surface area contributed by atoms with Crippen molar-refractivity contribution in [3.8, 4) is 0 Å². The molecule has 2 atom stereocenters. The van der Waals surface area contributed by atoms with Gasteiger partial charge in [-0.15, -0.1) is 21.8 Å². The molecule has 4 rings (SSSR count). The second-order valence-electron chi connectivity index (χ2n) is 8.09. The number of aromatic nitrogens is 4. The zero-order valence-corrected chi connectivity index (χ0v) is 17.6. The first kappa shape index (κ1) is 19.9. The van der Waals surface area contributed by atoms with Crippen LogP contribution in [0.2, 0.25) is 0 Å². The minimum atomic E-state index is -0.537. The van der Waals surface area contributed by atoms with Crippen LogP contribution in [0.1, 0.15) is 48.0 Å². The van der Waals surface area contributed by atoms with Gasteiger partial charge in [0.2, 0.25) is 17.7 Å². The number of piperidine rings is 1. The van der Waals surface area contributed by atoms with Crippen molar-refractivity contribution < 1.29 is 14.0 Å². The molecule has 2 aromatic rings. The Morgan fingerprint density at radius 3 is 2.55 bits per heavy atom. The van der Waals surface area contributed by atoms with Crippen LogP contribution in [0, 0.1) is 12.3 Å². The third kappa shape index (κ3) is 3.52. The van der Waals surface area contributed by atoms with Crippen LogP contribution >= 0.6 is 11.6 Å². The number of alkyl halides is 1. The van der Waals surface area contributed by atoms with Gasteiger partial charge < -0.3 is 18.8 Å². The molecule has 9 nitrogen and oxygen atoms in total. The van der Waals surface area contributed by atoms with Crippen LogP contribution in [0.5, 0.6) is 0 Å². The fraction of sp³-hybridized carbons (Fsp3) is 0.632. The Morgan fingerprint density at radius 1 is 1.28 bits per heavy atom. The lowest BCUT2D eigenvalue weighted by Crippen LogP contribution is -2.48. The molecule has 2 aliphatic rings. The zero-order chi connectivity index (χ0) is 20.8. The molecule has 0 aliphatic carbocycles. The molecule has 4 heterocycles. The van der Waals surface area contributed by atoms with E-state index in [1.165, 1.54) is 0 Å². The number of hydrogen-bond acceptors (Lipinski definition) is 6. The van der Waals surface area contributed by atoms with Crippen LogP contribution in [0.15, 0.2) is 16.9 Å². The van der Waals surface area contributed by atoms with E-state index in [0.29, 0.717) is 43.7 Å². The quantitative estimate of drug-likeness (QED) is 0.699. The highest BCUT2D eigenvalue weighted by Crippen LogP contribution is 2.49. The number of halogens is 1. The highest BCUT2D eigenvalue weighted by molar-refractivity contribution is 6.30. The van der Waals surface area contributed by atoms with Gasteiger partial charge in [0.05, 0.1) is 18.4 Å². The van der Waals surface area contributed by atoms with Crippen LogP contribution in [-0.4, -0.2) is 72.9 Å². The van der Waals surface area contributed by atoms with E-state index in [9.17, 15) is 9.59 Å². The van der Waals surface area contributed by atoms with Gasteiger partial charge in [0.25, 0.3) is 5.91 Å². The van der Waals surface area contributed by atoms with E-state index < -0.39 is 5.38 Å². The number of carbonyl (C=O) groups excluding carboxylic acids is 2. The van der Waals surface area contributed by atoms with Gasteiger partial charge in [-0.3, -0.25) is 9.59 Å². The molecule has 0 saturated carbocycles. The maximum Gasteiger partial charge on any atom is 0.272 e. The van der Waals surface area contributed by atoms with E-state index in [4.69, 9.17) is 16.0 Å². The lowest BCUT2D eigenvalue weighted by atomic mass is 9.70. The number of nitrogens with zero attached hydrogens (tertiary/aromatic N) is 6. The number of hydrogen-bond donors (Lipinski definition) is 0. The van der Waals surface area contributed by atoms with Crippen LogP contribution in [0.4, 0.5) is 0 Å². The smallest absolute Gasteiger partial charge is 0.272 e. The monoisotopic (exact) mass is 420 g/mol. The molecule has 0 bridgehead atoms. The zero-order valence-electron chi connectivity index (χ0n) is 16.8. The summed E-state index contributed by atoms with van der Waals surface area (Å²) in [6.45, 7) is 5.76. The Balaban J connectivity index is 1.59. The number of aryl methyl sites for hydroxylation is 2. The molecular weight excluding hydrogens is 396 g/mol. The molecule has 2 aromatic heterocycles. The molecule has 29 heavy (non-hydrogen) atoms. The topological polar surface area (TPSA) is 97.4 Å². The van der Waals surface area contributed by atoms with Crippen molar-refractivity contribution in [1.29, 1.82) is 0 Å². The van der Waals surface area contributed by atoms with Crippen molar-refractivity contribution >= 4 is 23.4 Å². The third-order valence-electron chi connectivity index (χ3n) is 6.22. The Labute approximate surface area is 174 Å².